The van der Waals surface area contributed by atoms with Crippen LogP contribution in [0.4, 0.5) is 51.1 Å². The van der Waals surface area contributed by atoms with E-state index in [1.807, 2.05) is 18.7 Å². The van der Waals surface area contributed by atoms with Crippen molar-refractivity contribution in [2.45, 2.75) is 90.4 Å². The fourth-order valence-electron chi connectivity index (χ4n) is 6.56. The van der Waals surface area contributed by atoms with Crippen molar-refractivity contribution in [3.8, 4) is 5.75 Å². The topological polar surface area (TPSA) is 67.8 Å². The molecule has 1 saturated carbocycles. The number of alkyl halides is 9. The molecule has 4 rings (SSSR count). The van der Waals surface area contributed by atoms with Crippen LogP contribution in [0.25, 0.3) is 0 Å². The first-order valence-corrected chi connectivity index (χ1v) is 17.4. The Morgan fingerprint density at radius 2 is 1.40 bits per heavy atom. The first-order valence-electron chi connectivity index (χ1n) is 17.4. The number of carbonyl (C=O) groups is 1. The zero-order chi connectivity index (χ0) is 39.1. The van der Waals surface area contributed by atoms with Gasteiger partial charge in [-0.1, -0.05) is 6.92 Å². The minimum absolute atomic E-state index is 0.0177. The Labute approximate surface area is 302 Å². The number of hydrogen-bond acceptors (Lipinski definition) is 7. The third kappa shape index (κ3) is 11.1. The molecule has 1 fully saturated rings. The average molecular weight is 763 g/mol. The molecule has 0 bridgehead atoms. The number of halogens is 9. The molecule has 2 aromatic carbocycles. The first kappa shape index (κ1) is 41.5. The Morgan fingerprint density at radius 1 is 0.830 bits per heavy atom. The molecule has 1 atom stereocenters. The summed E-state index contributed by atoms with van der Waals surface area (Å²) in [5.74, 6) is 0.128. The summed E-state index contributed by atoms with van der Waals surface area (Å²) < 4.78 is 136. The average Bonchev–Trinajstić information content (AvgIpc) is 3.11. The first-order chi connectivity index (χ1) is 24.8. The summed E-state index contributed by atoms with van der Waals surface area (Å²) in [6.45, 7) is 5.82. The van der Waals surface area contributed by atoms with E-state index < -0.39 is 53.4 Å². The van der Waals surface area contributed by atoms with E-state index in [-0.39, 0.29) is 41.1 Å². The maximum Gasteiger partial charge on any atom is 0.416 e. The van der Waals surface area contributed by atoms with Gasteiger partial charge in [0.15, 0.2) is 5.75 Å². The number of aromatic nitrogens is 2. The predicted molar refractivity (Wildman–Crippen MR) is 180 cm³/mol. The molecule has 0 saturated heterocycles. The van der Waals surface area contributed by atoms with E-state index in [0.29, 0.717) is 50.4 Å². The normalized spacial score (nSPS) is 17.3. The molecule has 0 N–H and O–H groups in total. The van der Waals surface area contributed by atoms with Crippen LogP contribution in [0.1, 0.15) is 93.2 Å². The smallest absolute Gasteiger partial charge is 0.416 e. The summed E-state index contributed by atoms with van der Waals surface area (Å²) in [6.07, 6.45) is -8.37. The molecule has 0 unspecified atom stereocenters. The van der Waals surface area contributed by atoms with Gasteiger partial charge in [0, 0.05) is 31.7 Å². The van der Waals surface area contributed by atoms with E-state index in [1.54, 1.807) is 0 Å². The number of carbonyl (C=O) groups excluding carboxylic acids is 1. The number of esters is 1. The molecule has 1 aromatic heterocycles. The summed E-state index contributed by atoms with van der Waals surface area (Å²) in [7, 11) is 1.33. The molecular formula is C37H43F9N4O3. The predicted octanol–water partition coefficient (Wildman–Crippen LogP) is 10.3. The van der Waals surface area contributed by atoms with E-state index in [4.69, 9.17) is 9.47 Å². The Bertz CT molecular complexity index is 1620. The zero-order valence-corrected chi connectivity index (χ0v) is 29.8. The number of methoxy groups -OCH3 is 1. The van der Waals surface area contributed by atoms with Crippen LogP contribution in [0.5, 0.6) is 5.75 Å². The van der Waals surface area contributed by atoms with Crippen LogP contribution in [0.3, 0.4) is 0 Å². The number of benzene rings is 2. The maximum atomic E-state index is 14.1. The number of rotatable bonds is 14. The maximum absolute atomic E-state index is 14.1. The zero-order valence-electron chi connectivity index (χ0n) is 29.8. The molecule has 16 heteroatoms. The minimum atomic E-state index is -5.12. The quantitative estimate of drug-likeness (QED) is 0.120. The van der Waals surface area contributed by atoms with E-state index >= 15 is 0 Å². The molecule has 1 heterocycles. The van der Waals surface area contributed by atoms with Crippen LogP contribution in [0, 0.1) is 11.8 Å². The van der Waals surface area contributed by atoms with Gasteiger partial charge in [-0.25, -0.2) is 9.97 Å². The molecule has 0 amide bonds. The van der Waals surface area contributed by atoms with Crippen LogP contribution < -0.4 is 14.5 Å². The fourth-order valence-corrected chi connectivity index (χ4v) is 6.56. The van der Waals surface area contributed by atoms with Crippen LogP contribution in [0.15, 0.2) is 48.8 Å². The highest BCUT2D eigenvalue weighted by molar-refractivity contribution is 5.69. The van der Waals surface area contributed by atoms with Crippen molar-refractivity contribution >= 4 is 17.6 Å². The molecule has 7 nitrogen and oxygen atoms in total. The number of hydrogen-bond donors (Lipinski definition) is 0. The van der Waals surface area contributed by atoms with Gasteiger partial charge >= 0.3 is 24.5 Å². The summed E-state index contributed by atoms with van der Waals surface area (Å²) in [5, 5.41) is 0. The second-order valence-electron chi connectivity index (χ2n) is 13.3. The van der Waals surface area contributed by atoms with Gasteiger partial charge in [0.2, 0.25) is 5.95 Å². The summed E-state index contributed by atoms with van der Waals surface area (Å²) >= 11 is 0. The molecule has 3 aromatic rings. The second kappa shape index (κ2) is 17.3. The molecule has 0 aliphatic heterocycles. The Kier molecular flexibility index (Phi) is 13.5. The van der Waals surface area contributed by atoms with Crippen LogP contribution in [-0.2, 0) is 34.6 Å². The number of nitrogens with zero attached hydrogens (tertiary/aromatic N) is 4. The molecule has 1 aliphatic rings. The van der Waals surface area contributed by atoms with Crippen molar-refractivity contribution in [2.75, 3.05) is 36.6 Å². The summed E-state index contributed by atoms with van der Waals surface area (Å²) in [4.78, 5) is 23.6. The summed E-state index contributed by atoms with van der Waals surface area (Å²) in [6, 6.07) is 3.13. The lowest BCUT2D eigenvalue weighted by atomic mass is 9.80. The molecular weight excluding hydrogens is 719 g/mol. The highest BCUT2D eigenvalue weighted by Gasteiger charge is 2.38. The third-order valence-corrected chi connectivity index (χ3v) is 9.50. The largest absolute Gasteiger partial charge is 0.490 e. The van der Waals surface area contributed by atoms with Crippen molar-refractivity contribution in [1.82, 2.24) is 9.97 Å². The van der Waals surface area contributed by atoms with E-state index in [1.165, 1.54) is 37.4 Å². The van der Waals surface area contributed by atoms with Crippen molar-refractivity contribution in [3.05, 3.63) is 76.6 Å². The number of anilines is 2. The van der Waals surface area contributed by atoms with E-state index in [2.05, 4.69) is 9.97 Å². The van der Waals surface area contributed by atoms with Crippen LogP contribution in [-0.4, -0.2) is 42.7 Å². The lowest BCUT2D eigenvalue weighted by Crippen LogP contribution is -2.34. The molecule has 292 valence electrons. The molecule has 0 spiro atoms. The lowest BCUT2D eigenvalue weighted by Gasteiger charge is -2.36. The molecule has 53 heavy (non-hydrogen) atoms. The van der Waals surface area contributed by atoms with Gasteiger partial charge in [0.25, 0.3) is 0 Å². The van der Waals surface area contributed by atoms with Gasteiger partial charge in [-0.2, -0.15) is 39.5 Å². The van der Waals surface area contributed by atoms with Gasteiger partial charge in [-0.15, -0.1) is 0 Å². The van der Waals surface area contributed by atoms with E-state index in [9.17, 15) is 44.3 Å². The van der Waals surface area contributed by atoms with Crippen molar-refractivity contribution < 1.29 is 53.8 Å². The van der Waals surface area contributed by atoms with Crippen LogP contribution in [0.2, 0.25) is 0 Å². The second-order valence-corrected chi connectivity index (χ2v) is 13.3. The monoisotopic (exact) mass is 762 g/mol. The summed E-state index contributed by atoms with van der Waals surface area (Å²) in [5.41, 5.74) is -3.91. The fraction of sp³-hybridized carbons (Fsp3) is 0.541. The van der Waals surface area contributed by atoms with Crippen molar-refractivity contribution in [2.24, 2.45) is 11.8 Å². The Balaban J connectivity index is 1.78. The minimum Gasteiger partial charge on any atom is -0.490 e. The highest BCUT2D eigenvalue weighted by Crippen LogP contribution is 2.41. The van der Waals surface area contributed by atoms with Gasteiger partial charge < -0.3 is 19.3 Å². The molecule has 0 radical (unpaired) electrons. The highest BCUT2D eigenvalue weighted by atomic mass is 19.4. The van der Waals surface area contributed by atoms with Crippen LogP contribution >= 0.6 is 0 Å². The SMILES string of the molecule is CCCOc1cnc(N(Cc2cc(C(F)(F)F)ccc2N(CC)C[C@H]2CC[C@H](CC(=O)OC)CC2)[C@@H](C)c2cc(C(F)(F)F)cc(C(F)(F)F)c2)nc1. The Hall–Kier alpha value is -4.24. The van der Waals surface area contributed by atoms with Gasteiger partial charge in [0.05, 0.1) is 48.8 Å². The van der Waals surface area contributed by atoms with Crippen molar-refractivity contribution in [3.63, 3.8) is 0 Å². The van der Waals surface area contributed by atoms with Crippen molar-refractivity contribution in [1.29, 1.82) is 0 Å². The van der Waals surface area contributed by atoms with Gasteiger partial charge in [0.1, 0.15) is 0 Å². The van der Waals surface area contributed by atoms with Gasteiger partial charge in [-0.3, -0.25) is 4.79 Å². The Morgan fingerprint density at radius 3 is 1.91 bits per heavy atom. The number of ether oxygens (including phenoxy) is 2. The molecule has 1 aliphatic carbocycles. The van der Waals surface area contributed by atoms with E-state index in [0.717, 1.165) is 37.8 Å². The third-order valence-electron chi connectivity index (χ3n) is 9.50. The van der Waals surface area contributed by atoms with Gasteiger partial charge in [-0.05, 0) is 105 Å². The lowest BCUT2D eigenvalue weighted by molar-refractivity contribution is -0.144. The standard InChI is InChI=1S/C37H43F9N4O3/c1-5-13-53-31-19-47-34(48-20-31)50(23(3)26-15-29(36(41,42)43)18-30(16-26)37(44,45)46)22-27-17-28(35(38,39)40)11-12-32(27)49(6-2)21-25-9-7-24(8-10-25)14-33(51)52-4/h11-12,15-20,23-25H,5-10,13-14,21-22H2,1-4H3/t23-,24-,25-/m0/s1.